The number of aromatic amines is 1. The summed E-state index contributed by atoms with van der Waals surface area (Å²) in [6.07, 6.45) is 1.28. The van der Waals surface area contributed by atoms with Crippen LogP contribution in [0.3, 0.4) is 0 Å². The maximum absolute atomic E-state index is 11.5. The fourth-order valence-electron chi connectivity index (χ4n) is 3.50. The number of nitrogens with one attached hydrogen (secondary N) is 2. The zero-order chi connectivity index (χ0) is 15.8. The fraction of sp³-hybridized carbons (Fsp3) is 0.211. The van der Waals surface area contributed by atoms with E-state index in [1.54, 1.807) is 0 Å². The normalized spacial score (nSPS) is 19.5. The van der Waals surface area contributed by atoms with E-state index < -0.39 is 12.0 Å². The maximum Gasteiger partial charge on any atom is 0.321 e. The first-order chi connectivity index (χ1) is 11.2. The van der Waals surface area contributed by atoms with Crippen LogP contribution >= 0.6 is 12.4 Å². The topological polar surface area (TPSA) is 65.1 Å². The standard InChI is InChI=1S/C19H18N2O2.ClH/c22-19(23)17-11-14-13-8-4-5-9-15(13)21-18(14)16(20-17)10-12-6-2-1-3-7-12;/h1-9,16-17,20-21H,10-11H2,(H,22,23);1H/t16?,17-;/m0./s1. The van der Waals surface area contributed by atoms with Crippen LogP contribution in [0, 0.1) is 0 Å². The minimum absolute atomic E-state index is 0. The van der Waals surface area contributed by atoms with Gasteiger partial charge in [0.1, 0.15) is 6.04 Å². The average molecular weight is 343 g/mol. The number of aromatic nitrogens is 1. The lowest BCUT2D eigenvalue weighted by Crippen LogP contribution is -2.45. The number of rotatable bonds is 3. The first-order valence-corrected chi connectivity index (χ1v) is 7.84. The van der Waals surface area contributed by atoms with Crippen LogP contribution < -0.4 is 5.32 Å². The molecular weight excluding hydrogens is 324 g/mol. The zero-order valence-corrected chi connectivity index (χ0v) is 13.8. The number of hydrogen-bond donors (Lipinski definition) is 3. The summed E-state index contributed by atoms with van der Waals surface area (Å²) in [5.74, 6) is -0.793. The van der Waals surface area contributed by atoms with Crippen LogP contribution in [0.4, 0.5) is 0 Å². The lowest BCUT2D eigenvalue weighted by Gasteiger charge is -2.29. The van der Waals surface area contributed by atoms with Crippen molar-refractivity contribution >= 4 is 29.3 Å². The van der Waals surface area contributed by atoms with Crippen molar-refractivity contribution in [3.8, 4) is 0 Å². The maximum atomic E-state index is 11.5. The van der Waals surface area contributed by atoms with Crippen LogP contribution in [0.15, 0.2) is 54.6 Å². The Kier molecular flexibility index (Phi) is 4.60. The molecule has 24 heavy (non-hydrogen) atoms. The summed E-state index contributed by atoms with van der Waals surface area (Å²) in [5, 5.41) is 13.9. The number of fused-ring (bicyclic) bond motifs is 3. The molecule has 0 saturated heterocycles. The predicted octanol–water partition coefficient (Wildman–Crippen LogP) is 3.47. The summed E-state index contributed by atoms with van der Waals surface area (Å²) in [6, 6.07) is 17.7. The van der Waals surface area contributed by atoms with Crippen molar-refractivity contribution in [2.24, 2.45) is 0 Å². The van der Waals surface area contributed by atoms with Crippen LogP contribution in [-0.2, 0) is 17.6 Å². The van der Waals surface area contributed by atoms with Crippen molar-refractivity contribution in [1.82, 2.24) is 10.3 Å². The molecule has 0 saturated carbocycles. The highest BCUT2D eigenvalue weighted by Crippen LogP contribution is 2.33. The zero-order valence-electron chi connectivity index (χ0n) is 13.0. The van der Waals surface area contributed by atoms with E-state index in [4.69, 9.17) is 0 Å². The van der Waals surface area contributed by atoms with Gasteiger partial charge in [-0.3, -0.25) is 10.1 Å². The molecule has 124 valence electrons. The van der Waals surface area contributed by atoms with Gasteiger partial charge in [0.15, 0.2) is 0 Å². The first-order valence-electron chi connectivity index (χ1n) is 7.84. The predicted molar refractivity (Wildman–Crippen MR) is 96.7 cm³/mol. The second-order valence-corrected chi connectivity index (χ2v) is 6.07. The highest BCUT2D eigenvalue weighted by molar-refractivity contribution is 5.86. The summed E-state index contributed by atoms with van der Waals surface area (Å²) >= 11 is 0. The van der Waals surface area contributed by atoms with E-state index >= 15 is 0 Å². The van der Waals surface area contributed by atoms with E-state index in [-0.39, 0.29) is 18.4 Å². The summed E-state index contributed by atoms with van der Waals surface area (Å²) in [4.78, 5) is 15.0. The fourth-order valence-corrected chi connectivity index (χ4v) is 3.50. The molecule has 1 aromatic heterocycles. The molecule has 1 unspecified atom stereocenters. The molecule has 2 aromatic carbocycles. The quantitative estimate of drug-likeness (QED) is 0.683. The lowest BCUT2D eigenvalue weighted by atomic mass is 9.91. The molecule has 0 bridgehead atoms. The number of para-hydroxylation sites is 1. The van der Waals surface area contributed by atoms with E-state index in [0.717, 1.165) is 28.6 Å². The molecule has 0 fully saturated rings. The third-order valence-electron chi connectivity index (χ3n) is 4.59. The van der Waals surface area contributed by atoms with Gasteiger partial charge in [-0.15, -0.1) is 12.4 Å². The number of halogens is 1. The van der Waals surface area contributed by atoms with Gasteiger partial charge in [0.25, 0.3) is 0 Å². The Morgan fingerprint density at radius 1 is 1.08 bits per heavy atom. The van der Waals surface area contributed by atoms with Crippen molar-refractivity contribution < 1.29 is 9.90 Å². The van der Waals surface area contributed by atoms with Crippen LogP contribution in [0.25, 0.3) is 10.9 Å². The average Bonchev–Trinajstić information content (AvgIpc) is 2.95. The van der Waals surface area contributed by atoms with Crippen molar-refractivity contribution in [3.63, 3.8) is 0 Å². The Morgan fingerprint density at radius 2 is 1.79 bits per heavy atom. The largest absolute Gasteiger partial charge is 0.480 e. The Balaban J connectivity index is 0.00000169. The van der Waals surface area contributed by atoms with Gasteiger partial charge in [0.2, 0.25) is 0 Å². The monoisotopic (exact) mass is 342 g/mol. The van der Waals surface area contributed by atoms with E-state index in [0.29, 0.717) is 6.42 Å². The Bertz CT molecular complexity index is 860. The number of carbonyl (C=O) groups is 1. The van der Waals surface area contributed by atoms with Crippen LogP contribution in [-0.4, -0.2) is 22.1 Å². The highest BCUT2D eigenvalue weighted by Gasteiger charge is 2.32. The number of H-pyrrole nitrogens is 1. The van der Waals surface area contributed by atoms with Gasteiger partial charge in [0.05, 0.1) is 6.04 Å². The number of carboxylic acids is 1. The molecule has 0 spiro atoms. The molecule has 4 rings (SSSR count). The number of hydrogen-bond acceptors (Lipinski definition) is 2. The molecule has 3 N–H and O–H groups in total. The SMILES string of the molecule is Cl.O=C(O)[C@@H]1Cc2c([nH]c3ccccc23)C(Cc2ccccc2)N1. The number of carboxylic acid groups (broad SMARTS) is 1. The van der Waals surface area contributed by atoms with Gasteiger partial charge in [0, 0.05) is 23.0 Å². The summed E-state index contributed by atoms with van der Waals surface area (Å²) in [7, 11) is 0. The molecule has 4 nitrogen and oxygen atoms in total. The van der Waals surface area contributed by atoms with E-state index in [1.165, 1.54) is 5.56 Å². The van der Waals surface area contributed by atoms with Gasteiger partial charge < -0.3 is 10.1 Å². The molecule has 1 aliphatic heterocycles. The summed E-state index contributed by atoms with van der Waals surface area (Å²) in [5.41, 5.74) is 4.52. The molecular formula is C19H19ClN2O2. The third kappa shape index (κ3) is 2.90. The molecule has 5 heteroatoms. The smallest absolute Gasteiger partial charge is 0.321 e. The van der Waals surface area contributed by atoms with Crippen molar-refractivity contribution in [1.29, 1.82) is 0 Å². The van der Waals surface area contributed by atoms with Gasteiger partial charge in [-0.25, -0.2) is 0 Å². The van der Waals surface area contributed by atoms with E-state index in [1.807, 2.05) is 36.4 Å². The van der Waals surface area contributed by atoms with Crippen molar-refractivity contribution in [2.45, 2.75) is 24.9 Å². The molecule has 2 atom stereocenters. The Labute approximate surface area is 146 Å². The Hall–Kier alpha value is -2.30. The second-order valence-electron chi connectivity index (χ2n) is 6.07. The van der Waals surface area contributed by atoms with Crippen molar-refractivity contribution in [3.05, 3.63) is 71.4 Å². The van der Waals surface area contributed by atoms with E-state index in [2.05, 4.69) is 28.5 Å². The van der Waals surface area contributed by atoms with E-state index in [9.17, 15) is 9.90 Å². The van der Waals surface area contributed by atoms with Crippen LogP contribution in [0.5, 0.6) is 0 Å². The summed E-state index contributed by atoms with van der Waals surface area (Å²) in [6.45, 7) is 0. The minimum atomic E-state index is -0.793. The second kappa shape index (κ2) is 6.67. The number of aliphatic carboxylic acids is 1. The van der Waals surface area contributed by atoms with Crippen LogP contribution in [0.1, 0.15) is 22.9 Å². The molecule has 3 aromatic rings. The summed E-state index contributed by atoms with van der Waals surface area (Å²) < 4.78 is 0. The molecule has 0 aliphatic carbocycles. The minimum Gasteiger partial charge on any atom is -0.480 e. The van der Waals surface area contributed by atoms with Gasteiger partial charge in [-0.05, 0) is 23.6 Å². The van der Waals surface area contributed by atoms with Gasteiger partial charge in [-0.2, -0.15) is 0 Å². The highest BCUT2D eigenvalue weighted by atomic mass is 35.5. The Morgan fingerprint density at radius 3 is 2.54 bits per heavy atom. The molecule has 0 radical (unpaired) electrons. The molecule has 1 aliphatic rings. The lowest BCUT2D eigenvalue weighted by molar-refractivity contribution is -0.139. The van der Waals surface area contributed by atoms with Gasteiger partial charge >= 0.3 is 5.97 Å². The van der Waals surface area contributed by atoms with Gasteiger partial charge in [-0.1, -0.05) is 48.5 Å². The van der Waals surface area contributed by atoms with Crippen molar-refractivity contribution in [2.75, 3.05) is 0 Å². The first kappa shape index (κ1) is 16.6. The third-order valence-corrected chi connectivity index (χ3v) is 4.59. The molecule has 0 amide bonds. The molecule has 2 heterocycles. The number of benzene rings is 2. The van der Waals surface area contributed by atoms with Crippen LogP contribution in [0.2, 0.25) is 0 Å².